The van der Waals surface area contributed by atoms with Crippen molar-refractivity contribution < 1.29 is 13.9 Å². The van der Waals surface area contributed by atoms with Crippen LogP contribution in [-0.4, -0.2) is 12.4 Å². The summed E-state index contributed by atoms with van der Waals surface area (Å²) in [5.41, 5.74) is 0.593. The largest absolute Gasteiger partial charge is 0.490 e. The van der Waals surface area contributed by atoms with Crippen molar-refractivity contribution in [2.24, 2.45) is 0 Å². The number of hydrogen-bond acceptors (Lipinski definition) is 2. The Kier molecular flexibility index (Phi) is 12.7. The zero-order valence-electron chi connectivity index (χ0n) is 14.9. The van der Waals surface area contributed by atoms with Crippen LogP contribution in [0.4, 0.5) is 4.39 Å². The second-order valence-electron chi connectivity index (χ2n) is 5.18. The highest BCUT2D eigenvalue weighted by atomic mass is 35.5. The van der Waals surface area contributed by atoms with Gasteiger partial charge >= 0.3 is 0 Å². The van der Waals surface area contributed by atoms with Crippen LogP contribution in [0.5, 0.6) is 5.75 Å². The third-order valence-corrected chi connectivity index (χ3v) is 3.56. The summed E-state index contributed by atoms with van der Waals surface area (Å²) in [6.45, 7) is 8.33. The summed E-state index contributed by atoms with van der Waals surface area (Å²) in [5, 5.41) is 0.499. The molecule has 23 heavy (non-hydrogen) atoms. The van der Waals surface area contributed by atoms with E-state index in [2.05, 4.69) is 0 Å². The van der Waals surface area contributed by atoms with Crippen LogP contribution in [-0.2, 0) is 11.2 Å². The lowest BCUT2D eigenvalue weighted by molar-refractivity contribution is -0.118. The van der Waals surface area contributed by atoms with Crippen LogP contribution < -0.4 is 4.74 Å². The number of ketones is 1. The Bertz CT molecular complexity index is 461. The summed E-state index contributed by atoms with van der Waals surface area (Å²) in [6, 6.07) is 3.18. The maximum Gasteiger partial charge on any atom is 0.168 e. The lowest BCUT2D eigenvalue weighted by Gasteiger charge is -2.10. The fraction of sp³-hybridized carbons (Fsp3) is 0.632. The highest BCUT2D eigenvalue weighted by molar-refractivity contribution is 6.30. The van der Waals surface area contributed by atoms with E-state index in [1.54, 1.807) is 6.07 Å². The summed E-state index contributed by atoms with van der Waals surface area (Å²) in [6.07, 6.45) is 5.31. The molecule has 1 aromatic rings. The van der Waals surface area contributed by atoms with E-state index in [0.717, 1.165) is 25.7 Å². The predicted molar refractivity (Wildman–Crippen MR) is 96.0 cm³/mol. The summed E-state index contributed by atoms with van der Waals surface area (Å²) in [7, 11) is 0. The van der Waals surface area contributed by atoms with Gasteiger partial charge in [0.1, 0.15) is 5.78 Å². The van der Waals surface area contributed by atoms with Gasteiger partial charge in [-0.3, -0.25) is 4.79 Å². The Morgan fingerprint density at radius 2 is 1.87 bits per heavy atom. The van der Waals surface area contributed by atoms with Crippen LogP contribution in [0.2, 0.25) is 5.02 Å². The summed E-state index contributed by atoms with van der Waals surface area (Å²) in [5.74, 6) is 0.220. The second-order valence-corrected chi connectivity index (χ2v) is 5.61. The number of Topliss-reactive ketones (excluding diaryl/α,β-unsaturated/α-hetero) is 1. The second kappa shape index (κ2) is 13.4. The van der Waals surface area contributed by atoms with E-state index in [0.29, 0.717) is 42.2 Å². The Hall–Kier alpha value is -1.09. The van der Waals surface area contributed by atoms with Crippen LogP contribution in [0.1, 0.15) is 71.8 Å². The van der Waals surface area contributed by atoms with Crippen LogP contribution in [0.3, 0.4) is 0 Å². The molecule has 0 atom stereocenters. The number of halogens is 2. The van der Waals surface area contributed by atoms with Gasteiger partial charge in [-0.2, -0.15) is 0 Å². The fourth-order valence-corrected chi connectivity index (χ4v) is 2.34. The molecule has 0 aliphatic rings. The maximum absolute atomic E-state index is 14.2. The molecule has 0 unspecified atom stereocenters. The van der Waals surface area contributed by atoms with E-state index >= 15 is 0 Å². The normalized spacial score (nSPS) is 10.0. The number of benzene rings is 1. The quantitative estimate of drug-likeness (QED) is 0.460. The first kappa shape index (κ1) is 21.9. The molecule has 0 aromatic heterocycles. The third kappa shape index (κ3) is 8.95. The number of ether oxygens (including phenoxy) is 1. The highest BCUT2D eigenvalue weighted by Crippen LogP contribution is 2.27. The number of unbranched alkanes of at least 4 members (excludes halogenated alkanes) is 2. The molecule has 1 aromatic carbocycles. The number of aryl methyl sites for hydroxylation is 1. The van der Waals surface area contributed by atoms with Crippen molar-refractivity contribution in [2.75, 3.05) is 6.61 Å². The first-order valence-electron chi connectivity index (χ1n) is 8.70. The van der Waals surface area contributed by atoms with E-state index in [9.17, 15) is 9.18 Å². The molecule has 2 nitrogen and oxygen atoms in total. The first-order chi connectivity index (χ1) is 11.1. The molecule has 0 heterocycles. The van der Waals surface area contributed by atoms with Gasteiger partial charge in [0.25, 0.3) is 0 Å². The Balaban J connectivity index is 0.00000232. The molecule has 0 fully saturated rings. The fourth-order valence-electron chi connectivity index (χ4n) is 2.11. The predicted octanol–water partition coefficient (Wildman–Crippen LogP) is 6.38. The minimum Gasteiger partial charge on any atom is -0.490 e. The maximum atomic E-state index is 14.2. The van der Waals surface area contributed by atoms with Crippen molar-refractivity contribution in [3.05, 3.63) is 28.5 Å². The van der Waals surface area contributed by atoms with E-state index in [1.165, 1.54) is 6.07 Å². The van der Waals surface area contributed by atoms with Gasteiger partial charge in [-0.15, -0.1) is 0 Å². The number of carbonyl (C=O) groups excluding carboxylic acids is 1. The number of rotatable bonds is 10. The molecule has 0 bridgehead atoms. The zero-order chi connectivity index (χ0) is 17.7. The van der Waals surface area contributed by atoms with Crippen molar-refractivity contribution in [1.29, 1.82) is 0 Å². The molecule has 0 N–H and O–H groups in total. The molecule has 0 aliphatic carbocycles. The molecule has 0 saturated carbocycles. The van der Waals surface area contributed by atoms with Gasteiger partial charge in [0, 0.05) is 23.9 Å². The SMILES string of the molecule is CC.CCCOc1cc(Cl)cc(CCCCCC(=O)CC)c1F. The van der Waals surface area contributed by atoms with Crippen molar-refractivity contribution >= 4 is 17.4 Å². The Morgan fingerprint density at radius 1 is 1.17 bits per heavy atom. The van der Waals surface area contributed by atoms with E-state index in [1.807, 2.05) is 27.7 Å². The summed E-state index contributed by atoms with van der Waals surface area (Å²) in [4.78, 5) is 11.2. The van der Waals surface area contributed by atoms with Gasteiger partial charge in [0.2, 0.25) is 0 Å². The summed E-state index contributed by atoms with van der Waals surface area (Å²) < 4.78 is 19.6. The van der Waals surface area contributed by atoms with Gasteiger partial charge in [-0.05, 0) is 37.3 Å². The topological polar surface area (TPSA) is 26.3 Å². The monoisotopic (exact) mass is 344 g/mol. The number of carbonyl (C=O) groups is 1. The molecule has 1 rings (SSSR count). The molecule has 0 spiro atoms. The lowest BCUT2D eigenvalue weighted by Crippen LogP contribution is -2.01. The Labute approximate surface area is 145 Å². The van der Waals surface area contributed by atoms with Gasteiger partial charge < -0.3 is 4.74 Å². The van der Waals surface area contributed by atoms with Gasteiger partial charge in [-0.1, -0.05) is 45.7 Å². The van der Waals surface area contributed by atoms with E-state index in [4.69, 9.17) is 16.3 Å². The molecule has 0 radical (unpaired) electrons. The molecule has 0 saturated heterocycles. The van der Waals surface area contributed by atoms with Crippen molar-refractivity contribution in [2.45, 2.75) is 72.6 Å². The smallest absolute Gasteiger partial charge is 0.168 e. The molecule has 132 valence electrons. The van der Waals surface area contributed by atoms with Crippen LogP contribution >= 0.6 is 11.6 Å². The van der Waals surface area contributed by atoms with Crippen LogP contribution in [0.15, 0.2) is 12.1 Å². The Morgan fingerprint density at radius 3 is 2.48 bits per heavy atom. The molecular formula is C19H30ClFO2. The van der Waals surface area contributed by atoms with Gasteiger partial charge in [-0.25, -0.2) is 4.39 Å². The van der Waals surface area contributed by atoms with Gasteiger partial charge in [0.05, 0.1) is 6.61 Å². The van der Waals surface area contributed by atoms with E-state index < -0.39 is 0 Å². The standard InChI is InChI=1S/C17H24ClFO2.C2H6/c1-3-10-21-16-12-14(18)11-13(17(16)19)8-6-5-7-9-15(20)4-2;1-2/h11-12H,3-10H2,1-2H3;1-2H3. The first-order valence-corrected chi connectivity index (χ1v) is 9.08. The van der Waals surface area contributed by atoms with Crippen LogP contribution in [0, 0.1) is 5.82 Å². The number of hydrogen-bond donors (Lipinski definition) is 0. The summed E-state index contributed by atoms with van der Waals surface area (Å²) >= 11 is 6.01. The lowest BCUT2D eigenvalue weighted by atomic mass is 10.0. The average molecular weight is 345 g/mol. The van der Waals surface area contributed by atoms with Crippen molar-refractivity contribution in [3.8, 4) is 5.75 Å². The van der Waals surface area contributed by atoms with Gasteiger partial charge in [0.15, 0.2) is 11.6 Å². The molecule has 0 aliphatic heterocycles. The molecule has 4 heteroatoms. The average Bonchev–Trinajstić information content (AvgIpc) is 2.57. The minimum absolute atomic E-state index is 0.237. The highest BCUT2D eigenvalue weighted by Gasteiger charge is 2.11. The van der Waals surface area contributed by atoms with Crippen molar-refractivity contribution in [3.63, 3.8) is 0 Å². The molecule has 0 amide bonds. The molecular weight excluding hydrogens is 315 g/mol. The zero-order valence-corrected chi connectivity index (χ0v) is 15.6. The minimum atomic E-state index is -0.308. The third-order valence-electron chi connectivity index (χ3n) is 3.34. The van der Waals surface area contributed by atoms with E-state index in [-0.39, 0.29) is 11.6 Å². The van der Waals surface area contributed by atoms with Crippen LogP contribution in [0.25, 0.3) is 0 Å². The van der Waals surface area contributed by atoms with Crippen molar-refractivity contribution in [1.82, 2.24) is 0 Å².